The van der Waals surface area contributed by atoms with Crippen molar-refractivity contribution in [2.24, 2.45) is 11.1 Å². The number of hydrogen-bond acceptors (Lipinski definition) is 3. The number of nitrogens with two attached hydrogens (primary N) is 1. The lowest BCUT2D eigenvalue weighted by Gasteiger charge is -2.22. The van der Waals surface area contributed by atoms with E-state index >= 15 is 0 Å². The molecule has 1 atom stereocenters. The number of likely N-dealkylation sites (tertiary alicyclic amines) is 1. The van der Waals surface area contributed by atoms with Crippen molar-refractivity contribution < 1.29 is 4.79 Å². The molecule has 1 heterocycles. The molecule has 5 heteroatoms. The third kappa shape index (κ3) is 4.57. The van der Waals surface area contributed by atoms with Gasteiger partial charge in [0, 0.05) is 34.3 Å². The van der Waals surface area contributed by atoms with E-state index in [-0.39, 0.29) is 11.3 Å². The van der Waals surface area contributed by atoms with Crippen LogP contribution in [0, 0.1) is 5.41 Å². The Labute approximate surface area is 158 Å². The smallest absolute Gasteiger partial charge is 0.253 e. The zero-order valence-electron chi connectivity index (χ0n) is 14.4. The maximum absolute atomic E-state index is 12.6. The molecule has 0 radical (unpaired) electrons. The first kappa shape index (κ1) is 18.3. The molecule has 1 amide bonds. The number of rotatable bonds is 5. The third-order valence-corrected chi connectivity index (χ3v) is 6.09. The van der Waals surface area contributed by atoms with Crippen LogP contribution in [0.1, 0.15) is 29.3 Å². The van der Waals surface area contributed by atoms with Gasteiger partial charge in [0.1, 0.15) is 0 Å². The number of hydrogen-bond donors (Lipinski definition) is 1. The molecule has 0 spiro atoms. The minimum Gasteiger partial charge on any atom is -0.338 e. The summed E-state index contributed by atoms with van der Waals surface area (Å²) >= 11 is 7.66. The van der Waals surface area contributed by atoms with E-state index in [4.69, 9.17) is 17.3 Å². The van der Waals surface area contributed by atoms with E-state index < -0.39 is 0 Å². The number of benzene rings is 2. The molecule has 2 aromatic rings. The Kier molecular flexibility index (Phi) is 5.72. The SMILES string of the molecule is CC1(CN)CCN(C(=O)c2ccc(CSc3ccc(Cl)cc3)cc2)C1. The van der Waals surface area contributed by atoms with Crippen LogP contribution in [0.4, 0.5) is 0 Å². The summed E-state index contributed by atoms with van der Waals surface area (Å²) < 4.78 is 0. The van der Waals surface area contributed by atoms with Crippen molar-refractivity contribution in [1.29, 1.82) is 0 Å². The van der Waals surface area contributed by atoms with Crippen molar-refractivity contribution in [2.75, 3.05) is 19.6 Å². The summed E-state index contributed by atoms with van der Waals surface area (Å²) in [4.78, 5) is 15.7. The molecule has 2 aromatic carbocycles. The van der Waals surface area contributed by atoms with Gasteiger partial charge in [-0.1, -0.05) is 30.7 Å². The van der Waals surface area contributed by atoms with Gasteiger partial charge in [0.05, 0.1) is 0 Å². The lowest BCUT2D eigenvalue weighted by Crippen LogP contribution is -2.34. The van der Waals surface area contributed by atoms with E-state index in [1.165, 1.54) is 10.5 Å². The summed E-state index contributed by atoms with van der Waals surface area (Å²) in [6.07, 6.45) is 0.977. The largest absolute Gasteiger partial charge is 0.338 e. The van der Waals surface area contributed by atoms with Gasteiger partial charge in [0.2, 0.25) is 0 Å². The molecule has 0 bridgehead atoms. The Bertz CT molecular complexity index is 732. The van der Waals surface area contributed by atoms with Crippen molar-refractivity contribution in [1.82, 2.24) is 4.90 Å². The highest BCUT2D eigenvalue weighted by atomic mass is 35.5. The Morgan fingerprint density at radius 1 is 1.20 bits per heavy atom. The number of nitrogens with zero attached hydrogens (tertiary/aromatic N) is 1. The number of halogens is 1. The number of thioether (sulfide) groups is 1. The van der Waals surface area contributed by atoms with Crippen molar-refractivity contribution >= 4 is 29.3 Å². The van der Waals surface area contributed by atoms with Gasteiger partial charge in [-0.25, -0.2) is 0 Å². The molecule has 1 saturated heterocycles. The summed E-state index contributed by atoms with van der Waals surface area (Å²) in [6.45, 7) is 4.31. The number of carbonyl (C=O) groups excluding carboxylic acids is 1. The topological polar surface area (TPSA) is 46.3 Å². The van der Waals surface area contributed by atoms with E-state index in [1.807, 2.05) is 53.4 Å². The quantitative estimate of drug-likeness (QED) is 0.787. The van der Waals surface area contributed by atoms with Crippen molar-refractivity contribution in [3.05, 3.63) is 64.7 Å². The maximum atomic E-state index is 12.6. The van der Waals surface area contributed by atoms with Gasteiger partial charge in [0.15, 0.2) is 0 Å². The normalized spacial score (nSPS) is 20.0. The lowest BCUT2D eigenvalue weighted by atomic mass is 9.90. The van der Waals surface area contributed by atoms with Gasteiger partial charge in [0.25, 0.3) is 5.91 Å². The highest BCUT2D eigenvalue weighted by Crippen LogP contribution is 2.30. The molecular formula is C20H23ClN2OS. The van der Waals surface area contributed by atoms with Gasteiger partial charge in [-0.2, -0.15) is 0 Å². The molecule has 25 heavy (non-hydrogen) atoms. The predicted molar refractivity (Wildman–Crippen MR) is 105 cm³/mol. The second-order valence-corrected chi connectivity index (χ2v) is 8.42. The van der Waals surface area contributed by atoms with E-state index in [2.05, 4.69) is 6.92 Å². The van der Waals surface area contributed by atoms with Crippen LogP contribution >= 0.6 is 23.4 Å². The minimum absolute atomic E-state index is 0.0603. The first-order valence-electron chi connectivity index (χ1n) is 8.46. The minimum atomic E-state index is 0.0603. The lowest BCUT2D eigenvalue weighted by molar-refractivity contribution is 0.0777. The summed E-state index contributed by atoms with van der Waals surface area (Å²) in [5.74, 6) is 0.972. The van der Waals surface area contributed by atoms with Crippen LogP contribution in [0.5, 0.6) is 0 Å². The van der Waals surface area contributed by atoms with Crippen molar-refractivity contribution in [3.8, 4) is 0 Å². The first-order valence-corrected chi connectivity index (χ1v) is 9.82. The molecule has 0 aromatic heterocycles. The second-order valence-electron chi connectivity index (χ2n) is 6.93. The molecule has 1 aliphatic rings. The van der Waals surface area contributed by atoms with Crippen LogP contribution in [0.2, 0.25) is 5.02 Å². The Balaban J connectivity index is 1.58. The summed E-state index contributed by atoms with van der Waals surface area (Å²) in [7, 11) is 0. The molecule has 1 aliphatic heterocycles. The Morgan fingerprint density at radius 3 is 2.48 bits per heavy atom. The molecule has 3 nitrogen and oxygen atoms in total. The molecule has 3 rings (SSSR count). The molecule has 0 saturated carbocycles. The summed E-state index contributed by atoms with van der Waals surface area (Å²) in [5, 5.41) is 0.750. The van der Waals surface area contributed by atoms with Gasteiger partial charge in [-0.15, -0.1) is 11.8 Å². The molecule has 1 unspecified atom stereocenters. The van der Waals surface area contributed by atoms with Crippen LogP contribution in [0.3, 0.4) is 0 Å². The average molecular weight is 375 g/mol. The fraction of sp³-hybridized carbons (Fsp3) is 0.350. The molecule has 0 aliphatic carbocycles. The third-order valence-electron chi connectivity index (χ3n) is 4.76. The molecule has 2 N–H and O–H groups in total. The molecule has 132 valence electrons. The van der Waals surface area contributed by atoms with Gasteiger partial charge in [-0.05, 0) is 60.3 Å². The van der Waals surface area contributed by atoms with E-state index in [1.54, 1.807) is 11.8 Å². The number of amides is 1. The van der Waals surface area contributed by atoms with Crippen LogP contribution in [-0.2, 0) is 5.75 Å². The highest BCUT2D eigenvalue weighted by molar-refractivity contribution is 7.98. The second kappa shape index (κ2) is 7.81. The summed E-state index contributed by atoms with van der Waals surface area (Å²) in [6, 6.07) is 15.8. The zero-order valence-corrected chi connectivity index (χ0v) is 15.9. The maximum Gasteiger partial charge on any atom is 0.253 e. The monoisotopic (exact) mass is 374 g/mol. The Hall–Kier alpha value is -1.49. The van der Waals surface area contributed by atoms with E-state index in [9.17, 15) is 4.79 Å². The van der Waals surface area contributed by atoms with Crippen LogP contribution in [-0.4, -0.2) is 30.4 Å². The predicted octanol–water partition coefficient (Wildman–Crippen LogP) is 4.44. The van der Waals surface area contributed by atoms with Gasteiger partial charge >= 0.3 is 0 Å². The fourth-order valence-electron chi connectivity index (χ4n) is 2.99. The highest BCUT2D eigenvalue weighted by Gasteiger charge is 2.35. The standard InChI is InChI=1S/C20H23ClN2OS/c1-20(13-22)10-11-23(14-20)19(24)16-4-2-15(3-5-16)12-25-18-8-6-17(21)7-9-18/h2-9H,10-14,22H2,1H3. The van der Waals surface area contributed by atoms with E-state index in [0.29, 0.717) is 6.54 Å². The van der Waals surface area contributed by atoms with E-state index in [0.717, 1.165) is 35.8 Å². The number of carbonyl (C=O) groups is 1. The van der Waals surface area contributed by atoms with Crippen molar-refractivity contribution in [2.45, 2.75) is 24.0 Å². The van der Waals surface area contributed by atoms with Gasteiger partial charge in [-0.3, -0.25) is 4.79 Å². The average Bonchev–Trinajstić information content (AvgIpc) is 3.04. The summed E-state index contributed by atoms with van der Waals surface area (Å²) in [5.41, 5.74) is 7.84. The Morgan fingerprint density at radius 2 is 1.88 bits per heavy atom. The zero-order chi connectivity index (χ0) is 17.9. The molecular weight excluding hydrogens is 352 g/mol. The fourth-order valence-corrected chi connectivity index (χ4v) is 3.97. The van der Waals surface area contributed by atoms with Crippen LogP contribution in [0.25, 0.3) is 0 Å². The molecule has 1 fully saturated rings. The van der Waals surface area contributed by atoms with Crippen molar-refractivity contribution in [3.63, 3.8) is 0 Å². The van der Waals surface area contributed by atoms with Crippen LogP contribution < -0.4 is 5.73 Å². The van der Waals surface area contributed by atoms with Crippen LogP contribution in [0.15, 0.2) is 53.4 Å². The first-order chi connectivity index (χ1) is 12.0. The van der Waals surface area contributed by atoms with Gasteiger partial charge < -0.3 is 10.6 Å².